The van der Waals surface area contributed by atoms with Crippen molar-refractivity contribution in [3.05, 3.63) is 42.5 Å². The number of methoxy groups -OCH3 is 1. The van der Waals surface area contributed by atoms with Gasteiger partial charge in [0.15, 0.2) is 5.78 Å². The van der Waals surface area contributed by atoms with Gasteiger partial charge in [0.1, 0.15) is 11.8 Å². The lowest BCUT2D eigenvalue weighted by atomic mass is 9.88. The number of fused-ring (bicyclic) bond motifs is 5. The molecule has 0 bridgehead atoms. The number of anilines is 1. The van der Waals surface area contributed by atoms with Gasteiger partial charge in [-0.3, -0.25) is 19.3 Å². The predicted molar refractivity (Wildman–Crippen MR) is 96.7 cm³/mol. The molecule has 0 aliphatic carbocycles. The van der Waals surface area contributed by atoms with Crippen molar-refractivity contribution in [2.24, 2.45) is 11.8 Å². The van der Waals surface area contributed by atoms with Gasteiger partial charge < -0.3 is 9.64 Å². The lowest BCUT2D eigenvalue weighted by Crippen LogP contribution is -2.48. The minimum atomic E-state index is -0.650. The molecule has 3 heterocycles. The molecule has 2 saturated heterocycles. The van der Waals surface area contributed by atoms with Crippen molar-refractivity contribution < 1.29 is 19.1 Å². The van der Waals surface area contributed by atoms with Crippen LogP contribution in [-0.4, -0.2) is 48.2 Å². The van der Waals surface area contributed by atoms with Gasteiger partial charge in [-0.25, -0.2) is 0 Å². The second kappa shape index (κ2) is 5.83. The largest absolute Gasteiger partial charge is 0.497 e. The number of nitrogens with zero attached hydrogens (tertiary/aromatic N) is 2. The Morgan fingerprint density at radius 3 is 2.65 bits per heavy atom. The van der Waals surface area contributed by atoms with E-state index in [1.54, 1.807) is 7.11 Å². The third kappa shape index (κ3) is 2.08. The van der Waals surface area contributed by atoms with Gasteiger partial charge in [-0.1, -0.05) is 18.2 Å². The zero-order chi connectivity index (χ0) is 18.6. The van der Waals surface area contributed by atoms with E-state index >= 15 is 0 Å². The third-order valence-electron chi connectivity index (χ3n) is 5.53. The number of ether oxygens (including phenoxy) is 1. The fourth-order valence-corrected chi connectivity index (χ4v) is 4.51. The lowest BCUT2D eigenvalue weighted by molar-refractivity contribution is -0.140. The van der Waals surface area contributed by atoms with Crippen LogP contribution in [0.4, 0.5) is 5.69 Å². The van der Waals surface area contributed by atoms with Gasteiger partial charge >= 0.3 is 0 Å². The second-order valence-electron chi connectivity index (χ2n) is 6.86. The smallest absolute Gasteiger partial charge is 0.236 e. The number of rotatable bonds is 4. The van der Waals surface area contributed by atoms with Crippen LogP contribution in [0.15, 0.2) is 36.9 Å². The zero-order valence-corrected chi connectivity index (χ0v) is 14.7. The van der Waals surface area contributed by atoms with Crippen molar-refractivity contribution in [1.82, 2.24) is 4.90 Å². The highest BCUT2D eigenvalue weighted by molar-refractivity contribution is 6.11. The first kappa shape index (κ1) is 16.6. The molecule has 2 fully saturated rings. The van der Waals surface area contributed by atoms with Gasteiger partial charge in [0, 0.05) is 17.8 Å². The van der Waals surface area contributed by atoms with Crippen LogP contribution in [0.2, 0.25) is 0 Å². The number of hydrogen-bond acceptors (Lipinski definition) is 5. The van der Waals surface area contributed by atoms with Gasteiger partial charge in [-0.05, 0) is 25.1 Å². The van der Waals surface area contributed by atoms with Gasteiger partial charge in [0.05, 0.1) is 25.0 Å². The van der Waals surface area contributed by atoms with E-state index in [1.165, 1.54) is 17.9 Å². The van der Waals surface area contributed by atoms with E-state index in [4.69, 9.17) is 4.74 Å². The molecule has 0 spiro atoms. The Bertz CT molecular complexity index is 859. The molecule has 4 rings (SSSR count). The molecule has 0 saturated carbocycles. The van der Waals surface area contributed by atoms with E-state index < -0.39 is 17.9 Å². The van der Waals surface area contributed by atoms with E-state index in [0.29, 0.717) is 0 Å². The summed E-state index contributed by atoms with van der Waals surface area (Å²) < 4.78 is 5.27. The van der Waals surface area contributed by atoms with Crippen molar-refractivity contribution >= 4 is 29.4 Å². The highest BCUT2D eigenvalue weighted by atomic mass is 16.5. The molecule has 134 valence electrons. The minimum Gasteiger partial charge on any atom is -0.497 e. The summed E-state index contributed by atoms with van der Waals surface area (Å²) >= 11 is 0. The van der Waals surface area contributed by atoms with E-state index in [0.717, 1.165) is 17.0 Å². The van der Waals surface area contributed by atoms with Crippen molar-refractivity contribution in [2.75, 3.05) is 18.6 Å². The highest BCUT2D eigenvalue weighted by Crippen LogP contribution is 2.48. The first-order chi connectivity index (χ1) is 12.5. The molecule has 2 amide bonds. The highest BCUT2D eigenvalue weighted by Gasteiger charge is 2.63. The van der Waals surface area contributed by atoms with Crippen LogP contribution in [0.3, 0.4) is 0 Å². The molecule has 6 heteroatoms. The number of imide groups is 1. The Hall–Kier alpha value is -2.89. The first-order valence-electron chi connectivity index (χ1n) is 8.60. The molecule has 1 aromatic rings. The Morgan fingerprint density at radius 2 is 2.00 bits per heavy atom. The zero-order valence-electron chi connectivity index (χ0n) is 14.7. The first-order valence-corrected chi connectivity index (χ1v) is 8.60. The van der Waals surface area contributed by atoms with Crippen LogP contribution in [0.5, 0.6) is 5.75 Å². The van der Waals surface area contributed by atoms with Gasteiger partial charge in [-0.15, -0.1) is 6.58 Å². The number of amides is 2. The molecule has 4 atom stereocenters. The lowest BCUT2D eigenvalue weighted by Gasteiger charge is -2.36. The van der Waals surface area contributed by atoms with Crippen molar-refractivity contribution in [2.45, 2.75) is 19.0 Å². The summed E-state index contributed by atoms with van der Waals surface area (Å²) in [5, 5.41) is 0. The molecular formula is C20H20N2O4. The van der Waals surface area contributed by atoms with Gasteiger partial charge in [0.2, 0.25) is 11.8 Å². The number of Topliss-reactive ketones (excluding diaryl/α,β-unsaturated/α-hetero) is 1. The number of likely N-dealkylation sites (tertiary alicyclic amines) is 1. The van der Waals surface area contributed by atoms with E-state index in [-0.39, 0.29) is 30.2 Å². The number of carbonyl (C=O) groups is 3. The quantitative estimate of drug-likeness (QED) is 0.609. The molecule has 0 N–H and O–H groups in total. The molecular weight excluding hydrogens is 332 g/mol. The van der Waals surface area contributed by atoms with E-state index in [1.807, 2.05) is 35.3 Å². The van der Waals surface area contributed by atoms with Crippen LogP contribution in [0.25, 0.3) is 6.08 Å². The summed E-state index contributed by atoms with van der Waals surface area (Å²) in [5.74, 6) is -1.08. The fraction of sp³-hybridized carbons (Fsp3) is 0.350. The third-order valence-corrected chi connectivity index (χ3v) is 5.53. The summed E-state index contributed by atoms with van der Waals surface area (Å²) in [6.45, 7) is 5.29. The maximum atomic E-state index is 12.9. The Kier molecular flexibility index (Phi) is 3.72. The van der Waals surface area contributed by atoms with E-state index in [2.05, 4.69) is 6.58 Å². The van der Waals surface area contributed by atoms with Gasteiger partial charge in [0.25, 0.3) is 0 Å². The summed E-state index contributed by atoms with van der Waals surface area (Å²) in [5.41, 5.74) is 1.76. The summed E-state index contributed by atoms with van der Waals surface area (Å²) in [6.07, 6.45) is 5.40. The molecule has 3 aliphatic heterocycles. The summed E-state index contributed by atoms with van der Waals surface area (Å²) in [4.78, 5) is 41.4. The second-order valence-corrected chi connectivity index (χ2v) is 6.86. The minimum absolute atomic E-state index is 0.110. The standard InChI is InChI=1S/C20H20N2O4/c1-4-9-21-19(24)16-15-7-5-12-10-13(26-3)6-8-14(12)22(15)18(11(2)23)17(16)20(21)25/h4-8,10,15-18H,1,9H2,2-3H3/t15-,16+,17+,18+/m0/s1. The molecule has 0 unspecified atom stereocenters. The SMILES string of the molecule is C=CCN1C(=O)[C@@H]2[C@H](C1=O)[C@@H]1C=Cc3cc(OC)ccc3N1[C@@H]2C(C)=O. The fourth-order valence-electron chi connectivity index (χ4n) is 4.51. The Balaban J connectivity index is 1.83. The maximum absolute atomic E-state index is 12.9. The average Bonchev–Trinajstić information content (AvgIpc) is 3.10. The molecule has 0 radical (unpaired) electrons. The average molecular weight is 352 g/mol. The molecule has 6 nitrogen and oxygen atoms in total. The molecule has 1 aromatic carbocycles. The summed E-state index contributed by atoms with van der Waals surface area (Å²) in [7, 11) is 1.60. The predicted octanol–water partition coefficient (Wildman–Crippen LogP) is 1.66. The topological polar surface area (TPSA) is 66.9 Å². The Labute approximate surface area is 151 Å². The van der Waals surface area contributed by atoms with Crippen molar-refractivity contribution in [3.8, 4) is 5.75 Å². The monoisotopic (exact) mass is 352 g/mol. The van der Waals surface area contributed by atoms with Crippen LogP contribution < -0.4 is 9.64 Å². The molecule has 3 aliphatic rings. The molecule has 26 heavy (non-hydrogen) atoms. The molecule has 0 aromatic heterocycles. The number of carbonyl (C=O) groups excluding carboxylic acids is 3. The van der Waals surface area contributed by atoms with Crippen LogP contribution in [-0.2, 0) is 14.4 Å². The van der Waals surface area contributed by atoms with Crippen molar-refractivity contribution in [3.63, 3.8) is 0 Å². The Morgan fingerprint density at radius 1 is 1.27 bits per heavy atom. The van der Waals surface area contributed by atoms with Gasteiger partial charge in [-0.2, -0.15) is 0 Å². The number of ketones is 1. The van der Waals surface area contributed by atoms with Crippen LogP contribution in [0, 0.1) is 11.8 Å². The normalized spacial score (nSPS) is 28.7. The summed E-state index contributed by atoms with van der Waals surface area (Å²) in [6, 6.07) is 4.65. The van der Waals surface area contributed by atoms with Crippen molar-refractivity contribution in [1.29, 1.82) is 0 Å². The number of benzene rings is 1. The van der Waals surface area contributed by atoms with Crippen LogP contribution in [0.1, 0.15) is 12.5 Å². The number of hydrogen-bond donors (Lipinski definition) is 0. The maximum Gasteiger partial charge on any atom is 0.236 e. The van der Waals surface area contributed by atoms with E-state index in [9.17, 15) is 14.4 Å². The van der Waals surface area contributed by atoms with Crippen LogP contribution >= 0.6 is 0 Å².